The molecule has 0 aliphatic carbocycles. The van der Waals surface area contributed by atoms with E-state index in [-0.39, 0.29) is 18.6 Å². The molecule has 1 atom stereocenters. The highest BCUT2D eigenvalue weighted by Crippen LogP contribution is 2.25. The average Bonchev–Trinajstić information content (AvgIpc) is 3.23. The zero-order valence-corrected chi connectivity index (χ0v) is 18.9. The number of hydrogen-bond donors (Lipinski definition) is 1. The van der Waals surface area contributed by atoms with Crippen molar-refractivity contribution < 1.29 is 14.3 Å². The fraction of sp³-hybridized carbons (Fsp3) is 0.304. The normalized spacial score (nSPS) is 12.2. The maximum Gasteiger partial charge on any atom is 0.269 e. The van der Waals surface area contributed by atoms with E-state index >= 15 is 0 Å². The van der Waals surface area contributed by atoms with Gasteiger partial charge in [-0.15, -0.1) is 0 Å². The van der Waals surface area contributed by atoms with Gasteiger partial charge in [-0.3, -0.25) is 4.79 Å². The smallest absolute Gasteiger partial charge is 0.269 e. The number of amides is 1. The lowest BCUT2D eigenvalue weighted by molar-refractivity contribution is -0.126. The number of aromatic nitrogens is 6. The summed E-state index contributed by atoms with van der Waals surface area (Å²) in [6, 6.07) is 7.40. The molecule has 4 heterocycles. The lowest BCUT2D eigenvalue weighted by Gasteiger charge is -2.19. The van der Waals surface area contributed by atoms with Crippen LogP contribution in [0.2, 0.25) is 0 Å². The van der Waals surface area contributed by atoms with Crippen LogP contribution in [-0.2, 0) is 9.53 Å². The zero-order chi connectivity index (χ0) is 23.4. The topological polar surface area (TPSA) is 117 Å². The molecule has 1 N–H and O–H groups in total. The van der Waals surface area contributed by atoms with Crippen LogP contribution < -0.4 is 10.1 Å². The minimum Gasteiger partial charge on any atom is -0.461 e. The Labute approximate surface area is 191 Å². The van der Waals surface area contributed by atoms with E-state index < -0.39 is 12.0 Å². The van der Waals surface area contributed by atoms with Gasteiger partial charge in [0.1, 0.15) is 17.5 Å². The van der Waals surface area contributed by atoms with Gasteiger partial charge in [0.15, 0.2) is 11.5 Å². The second-order valence-electron chi connectivity index (χ2n) is 7.82. The van der Waals surface area contributed by atoms with E-state index in [2.05, 4.69) is 30.4 Å². The molecule has 0 bridgehead atoms. The average molecular weight is 447 g/mol. The predicted octanol–water partition coefficient (Wildman–Crippen LogP) is 3.03. The third-order valence-corrected chi connectivity index (χ3v) is 4.80. The van der Waals surface area contributed by atoms with Gasteiger partial charge in [-0.05, 0) is 51.0 Å². The number of ether oxygens (including phenoxy) is 2. The number of hydrogen-bond acceptors (Lipinski definition) is 8. The maximum absolute atomic E-state index is 13.0. The van der Waals surface area contributed by atoms with Crippen molar-refractivity contribution in [1.29, 1.82) is 0 Å². The van der Waals surface area contributed by atoms with E-state index in [1.165, 1.54) is 6.33 Å². The van der Waals surface area contributed by atoms with Crippen molar-refractivity contribution in [2.75, 3.05) is 11.9 Å². The van der Waals surface area contributed by atoms with Crippen molar-refractivity contribution >= 4 is 22.8 Å². The fourth-order valence-corrected chi connectivity index (χ4v) is 3.10. The molecule has 4 aromatic heterocycles. The summed E-state index contributed by atoms with van der Waals surface area (Å²) < 4.78 is 13.3. The van der Waals surface area contributed by atoms with Crippen molar-refractivity contribution in [2.24, 2.45) is 0 Å². The Bertz CT molecular complexity index is 1250. The van der Waals surface area contributed by atoms with Gasteiger partial charge < -0.3 is 14.8 Å². The molecule has 0 saturated heterocycles. The first-order valence-corrected chi connectivity index (χ1v) is 10.5. The summed E-state index contributed by atoms with van der Waals surface area (Å²) in [6.07, 6.45) is 5.29. The van der Waals surface area contributed by atoms with Gasteiger partial charge in [0.2, 0.25) is 12.0 Å². The third-order valence-electron chi connectivity index (χ3n) is 4.80. The van der Waals surface area contributed by atoms with Crippen LogP contribution in [0.5, 0.6) is 5.88 Å². The molecule has 0 fully saturated rings. The van der Waals surface area contributed by atoms with Gasteiger partial charge >= 0.3 is 0 Å². The van der Waals surface area contributed by atoms with E-state index in [0.717, 1.165) is 11.1 Å². The summed E-state index contributed by atoms with van der Waals surface area (Å²) in [6.45, 7) is 7.68. The molecule has 4 rings (SSSR count). The van der Waals surface area contributed by atoms with Gasteiger partial charge in [-0.25, -0.2) is 19.9 Å². The molecule has 0 aromatic carbocycles. The van der Waals surface area contributed by atoms with Crippen LogP contribution in [0.4, 0.5) is 5.82 Å². The Morgan fingerprint density at radius 1 is 1.09 bits per heavy atom. The maximum atomic E-state index is 13.0. The predicted molar refractivity (Wildman–Crippen MR) is 122 cm³/mol. The van der Waals surface area contributed by atoms with E-state index in [1.54, 1.807) is 29.3 Å². The molecule has 0 spiro atoms. The van der Waals surface area contributed by atoms with E-state index in [0.29, 0.717) is 22.7 Å². The number of aryl methyl sites for hydroxylation is 2. The lowest BCUT2D eigenvalue weighted by atomic mass is 10.3. The van der Waals surface area contributed by atoms with Crippen LogP contribution in [-0.4, -0.2) is 54.4 Å². The number of nitrogens with one attached hydrogen (secondary N) is 1. The molecule has 0 aliphatic rings. The molecular weight excluding hydrogens is 422 g/mol. The van der Waals surface area contributed by atoms with Gasteiger partial charge in [-0.1, -0.05) is 12.1 Å². The van der Waals surface area contributed by atoms with Crippen molar-refractivity contribution in [2.45, 2.75) is 39.9 Å². The van der Waals surface area contributed by atoms with Crippen LogP contribution in [0.15, 0.2) is 49.2 Å². The highest BCUT2D eigenvalue weighted by molar-refractivity contribution is 5.94. The van der Waals surface area contributed by atoms with Crippen molar-refractivity contribution in [3.05, 3.63) is 60.3 Å². The molecule has 10 heteroatoms. The molecular formula is C23H25N7O3. The van der Waals surface area contributed by atoms with Gasteiger partial charge in [0, 0.05) is 12.4 Å². The van der Waals surface area contributed by atoms with Crippen LogP contribution in [0.25, 0.3) is 16.9 Å². The minimum atomic E-state index is -0.964. The Hall–Kier alpha value is -3.92. The van der Waals surface area contributed by atoms with Crippen molar-refractivity contribution in [3.8, 4) is 11.7 Å². The second-order valence-corrected chi connectivity index (χ2v) is 7.82. The minimum absolute atomic E-state index is 0.0361. The number of nitrogens with zero attached hydrogens (tertiary/aromatic N) is 6. The Morgan fingerprint density at radius 2 is 1.94 bits per heavy atom. The second kappa shape index (κ2) is 9.70. The zero-order valence-electron chi connectivity index (χ0n) is 18.9. The molecule has 33 heavy (non-hydrogen) atoms. The highest BCUT2D eigenvalue weighted by Gasteiger charge is 2.25. The van der Waals surface area contributed by atoms with Gasteiger partial charge in [0.25, 0.3) is 5.91 Å². The SMILES string of the molecule is Cc1ccc(NC(=O)C(COC(C)C)Oc2ncnc3c2cnn3-c2ncccc2C)nc1. The quantitative estimate of drug-likeness (QED) is 0.438. The number of fused-ring (bicyclic) bond motifs is 1. The number of carbonyl (C=O) groups is 1. The van der Waals surface area contributed by atoms with Crippen LogP contribution in [0, 0.1) is 13.8 Å². The van der Waals surface area contributed by atoms with E-state index in [9.17, 15) is 4.79 Å². The first-order valence-electron chi connectivity index (χ1n) is 10.5. The molecule has 0 radical (unpaired) electrons. The molecule has 10 nitrogen and oxygen atoms in total. The molecule has 4 aromatic rings. The lowest BCUT2D eigenvalue weighted by Crippen LogP contribution is -2.38. The number of pyridine rings is 2. The molecule has 170 valence electrons. The van der Waals surface area contributed by atoms with Crippen molar-refractivity contribution in [1.82, 2.24) is 29.7 Å². The highest BCUT2D eigenvalue weighted by atomic mass is 16.5. The van der Waals surface area contributed by atoms with Crippen LogP contribution in [0.1, 0.15) is 25.0 Å². The third kappa shape index (κ3) is 5.12. The fourth-order valence-electron chi connectivity index (χ4n) is 3.10. The Balaban J connectivity index is 1.62. The number of carbonyl (C=O) groups excluding carboxylic acids is 1. The van der Waals surface area contributed by atoms with E-state index in [1.807, 2.05) is 45.9 Å². The summed E-state index contributed by atoms with van der Waals surface area (Å²) in [5.41, 5.74) is 2.45. The standard InChI is InChI=1S/C23H25N7O3/c1-14(2)32-12-18(22(31)29-19-8-7-15(3)10-25-19)33-23-17-11-28-30(21(17)26-13-27-23)20-16(4)6-5-9-24-20/h5-11,13-14,18H,12H2,1-4H3,(H,25,29,31). The summed E-state index contributed by atoms with van der Waals surface area (Å²) in [4.78, 5) is 30.2. The van der Waals surface area contributed by atoms with Crippen LogP contribution in [0.3, 0.4) is 0 Å². The van der Waals surface area contributed by atoms with Crippen LogP contribution >= 0.6 is 0 Å². The molecule has 1 amide bonds. The summed E-state index contributed by atoms with van der Waals surface area (Å²) in [7, 11) is 0. The first-order chi connectivity index (χ1) is 15.9. The molecule has 0 saturated carbocycles. The molecule has 1 unspecified atom stereocenters. The van der Waals surface area contributed by atoms with E-state index in [4.69, 9.17) is 9.47 Å². The number of rotatable bonds is 8. The summed E-state index contributed by atoms with van der Waals surface area (Å²) >= 11 is 0. The van der Waals surface area contributed by atoms with Gasteiger partial charge in [0.05, 0.1) is 18.9 Å². The number of anilines is 1. The monoisotopic (exact) mass is 447 g/mol. The first kappa shape index (κ1) is 22.3. The van der Waals surface area contributed by atoms with Gasteiger partial charge in [-0.2, -0.15) is 9.78 Å². The Kier molecular flexibility index (Phi) is 6.55. The summed E-state index contributed by atoms with van der Waals surface area (Å²) in [5, 5.41) is 7.74. The largest absolute Gasteiger partial charge is 0.461 e. The Morgan fingerprint density at radius 3 is 2.67 bits per heavy atom. The van der Waals surface area contributed by atoms with Crippen molar-refractivity contribution in [3.63, 3.8) is 0 Å². The summed E-state index contributed by atoms with van der Waals surface area (Å²) in [5.74, 6) is 0.908. The molecule has 0 aliphatic heterocycles.